The van der Waals surface area contributed by atoms with E-state index in [4.69, 9.17) is 4.74 Å². The van der Waals surface area contributed by atoms with Gasteiger partial charge in [-0.05, 0) is 44.4 Å². The van der Waals surface area contributed by atoms with Crippen molar-refractivity contribution in [3.63, 3.8) is 0 Å². The van der Waals surface area contributed by atoms with Gasteiger partial charge in [-0.1, -0.05) is 25.0 Å². The van der Waals surface area contributed by atoms with Gasteiger partial charge in [0, 0.05) is 6.04 Å². The van der Waals surface area contributed by atoms with Crippen LogP contribution in [-0.2, 0) is 6.61 Å². The monoisotopic (exact) mass is 330 g/mol. The first-order chi connectivity index (χ1) is 11.1. The van der Waals surface area contributed by atoms with Crippen molar-refractivity contribution in [2.75, 3.05) is 0 Å². The summed E-state index contributed by atoms with van der Waals surface area (Å²) in [5.41, 5.74) is 1.95. The number of nitrogens with one attached hydrogen (secondary N) is 1. The van der Waals surface area contributed by atoms with E-state index >= 15 is 0 Å². The zero-order valence-corrected chi connectivity index (χ0v) is 14.4. The van der Waals surface area contributed by atoms with Gasteiger partial charge >= 0.3 is 0 Å². The van der Waals surface area contributed by atoms with Crippen LogP contribution in [0.25, 0.3) is 0 Å². The van der Waals surface area contributed by atoms with Gasteiger partial charge < -0.3 is 10.1 Å². The van der Waals surface area contributed by atoms with Crippen molar-refractivity contribution < 1.29 is 9.53 Å². The van der Waals surface area contributed by atoms with Gasteiger partial charge in [-0.3, -0.25) is 4.79 Å². The Kier molecular flexibility index (Phi) is 4.96. The molecule has 3 rings (SSSR count). The Morgan fingerprint density at radius 1 is 1.35 bits per heavy atom. The Hall–Kier alpha value is -1.88. The van der Waals surface area contributed by atoms with Gasteiger partial charge in [0.25, 0.3) is 5.91 Å². The zero-order valence-electron chi connectivity index (χ0n) is 13.6. The third-order valence-electron chi connectivity index (χ3n) is 4.09. The number of carbonyl (C=O) groups excluding carboxylic acids is 1. The fourth-order valence-electron chi connectivity index (χ4n) is 2.90. The summed E-state index contributed by atoms with van der Waals surface area (Å²) < 4.78 is 5.77. The van der Waals surface area contributed by atoms with Gasteiger partial charge in [0.2, 0.25) is 0 Å². The highest BCUT2D eigenvalue weighted by Crippen LogP contribution is 2.23. The maximum absolute atomic E-state index is 12.4. The molecule has 23 heavy (non-hydrogen) atoms. The van der Waals surface area contributed by atoms with Crippen molar-refractivity contribution in [1.29, 1.82) is 0 Å². The number of ether oxygens (including phenoxy) is 1. The molecule has 1 saturated carbocycles. The highest BCUT2D eigenvalue weighted by Gasteiger charge is 2.21. The van der Waals surface area contributed by atoms with Crippen molar-refractivity contribution in [2.24, 2.45) is 0 Å². The van der Waals surface area contributed by atoms with E-state index < -0.39 is 0 Å². The van der Waals surface area contributed by atoms with Gasteiger partial charge in [-0.2, -0.15) is 0 Å². The predicted octanol–water partition coefficient (Wildman–Crippen LogP) is 4.01. The standard InChI is InChI=1S/C18H22N2O2S/c1-12-6-5-9-15(10-12)22-11-16-19-13(2)17(23-16)18(21)20-14-7-3-4-8-14/h5-6,9-10,14H,3-4,7-8,11H2,1-2H3,(H,20,21). The van der Waals surface area contributed by atoms with Crippen molar-refractivity contribution in [1.82, 2.24) is 10.3 Å². The Morgan fingerprint density at radius 3 is 2.87 bits per heavy atom. The summed E-state index contributed by atoms with van der Waals surface area (Å²) in [7, 11) is 0. The Balaban J connectivity index is 1.62. The molecule has 0 atom stereocenters. The third kappa shape index (κ3) is 4.10. The van der Waals surface area contributed by atoms with Crippen LogP contribution in [0.15, 0.2) is 24.3 Å². The molecule has 1 aromatic heterocycles. The molecule has 122 valence electrons. The van der Waals surface area contributed by atoms with Crippen LogP contribution in [0.5, 0.6) is 5.75 Å². The first-order valence-electron chi connectivity index (χ1n) is 8.08. The third-order valence-corrected chi connectivity index (χ3v) is 5.22. The van der Waals surface area contributed by atoms with Crippen molar-refractivity contribution in [3.8, 4) is 5.75 Å². The molecule has 1 fully saturated rings. The lowest BCUT2D eigenvalue weighted by molar-refractivity contribution is 0.0941. The molecular formula is C18H22N2O2S. The second-order valence-electron chi connectivity index (χ2n) is 6.08. The summed E-state index contributed by atoms with van der Waals surface area (Å²) >= 11 is 1.43. The maximum Gasteiger partial charge on any atom is 0.263 e. The Morgan fingerprint density at radius 2 is 2.13 bits per heavy atom. The highest BCUT2D eigenvalue weighted by molar-refractivity contribution is 7.13. The zero-order chi connectivity index (χ0) is 16.2. The molecule has 5 heteroatoms. The molecule has 0 radical (unpaired) electrons. The average molecular weight is 330 g/mol. The van der Waals surface area contributed by atoms with Crippen LogP contribution < -0.4 is 10.1 Å². The van der Waals surface area contributed by atoms with E-state index in [-0.39, 0.29) is 5.91 Å². The van der Waals surface area contributed by atoms with Crippen LogP contribution in [0.2, 0.25) is 0 Å². The van der Waals surface area contributed by atoms with E-state index in [1.54, 1.807) is 0 Å². The van der Waals surface area contributed by atoms with Crippen LogP contribution in [0.3, 0.4) is 0 Å². The summed E-state index contributed by atoms with van der Waals surface area (Å²) in [5.74, 6) is 0.837. The van der Waals surface area contributed by atoms with Gasteiger partial charge in [0.05, 0.1) is 5.69 Å². The number of hydrogen-bond acceptors (Lipinski definition) is 4. The van der Waals surface area contributed by atoms with Gasteiger partial charge in [-0.15, -0.1) is 11.3 Å². The molecule has 0 unspecified atom stereocenters. The molecule has 4 nitrogen and oxygen atoms in total. The number of carbonyl (C=O) groups is 1. The first-order valence-corrected chi connectivity index (χ1v) is 8.90. The fourth-order valence-corrected chi connectivity index (χ4v) is 3.78. The average Bonchev–Trinajstić information content (AvgIpc) is 3.15. The smallest absolute Gasteiger partial charge is 0.263 e. The summed E-state index contributed by atoms with van der Waals surface area (Å²) in [6, 6.07) is 8.26. The predicted molar refractivity (Wildman–Crippen MR) is 92.1 cm³/mol. The number of benzene rings is 1. The SMILES string of the molecule is Cc1cccc(OCc2nc(C)c(C(=O)NC3CCCC3)s2)c1. The quantitative estimate of drug-likeness (QED) is 0.901. The largest absolute Gasteiger partial charge is 0.486 e. The highest BCUT2D eigenvalue weighted by atomic mass is 32.1. The number of amides is 1. The van der Waals surface area contributed by atoms with Gasteiger partial charge in [-0.25, -0.2) is 4.98 Å². The fraction of sp³-hybridized carbons (Fsp3) is 0.444. The summed E-state index contributed by atoms with van der Waals surface area (Å²) in [6.07, 6.45) is 4.60. The summed E-state index contributed by atoms with van der Waals surface area (Å²) in [5, 5.41) is 3.96. The molecular weight excluding hydrogens is 308 g/mol. The number of hydrogen-bond donors (Lipinski definition) is 1. The lowest BCUT2D eigenvalue weighted by Crippen LogP contribution is -2.32. The van der Waals surface area contributed by atoms with E-state index in [2.05, 4.69) is 10.3 Å². The molecule has 1 N–H and O–H groups in total. The van der Waals surface area contributed by atoms with Crippen LogP contribution >= 0.6 is 11.3 Å². The minimum absolute atomic E-state index is 0.00806. The summed E-state index contributed by atoms with van der Waals surface area (Å²) in [6.45, 7) is 4.31. The Bertz CT molecular complexity index is 690. The minimum Gasteiger partial charge on any atom is -0.486 e. The van der Waals surface area contributed by atoms with E-state index in [0.717, 1.165) is 34.9 Å². The lowest BCUT2D eigenvalue weighted by atomic mass is 10.2. The lowest BCUT2D eigenvalue weighted by Gasteiger charge is -2.10. The molecule has 0 spiro atoms. The minimum atomic E-state index is 0.00806. The van der Waals surface area contributed by atoms with Crippen LogP contribution in [0.4, 0.5) is 0 Å². The normalized spacial score (nSPS) is 14.9. The van der Waals surface area contributed by atoms with E-state index in [0.29, 0.717) is 17.5 Å². The number of nitrogens with zero attached hydrogens (tertiary/aromatic N) is 1. The topological polar surface area (TPSA) is 51.2 Å². The van der Waals surface area contributed by atoms with E-state index in [1.807, 2.05) is 38.1 Å². The number of rotatable bonds is 5. The molecule has 1 aliphatic carbocycles. The van der Waals surface area contributed by atoms with Crippen molar-refractivity contribution in [3.05, 3.63) is 45.4 Å². The molecule has 0 bridgehead atoms. The van der Waals surface area contributed by atoms with Crippen LogP contribution in [0, 0.1) is 13.8 Å². The molecule has 1 aromatic carbocycles. The van der Waals surface area contributed by atoms with Crippen molar-refractivity contribution >= 4 is 17.2 Å². The van der Waals surface area contributed by atoms with E-state index in [1.165, 1.54) is 24.2 Å². The van der Waals surface area contributed by atoms with Crippen molar-refractivity contribution in [2.45, 2.75) is 52.2 Å². The van der Waals surface area contributed by atoms with Crippen LogP contribution in [0.1, 0.15) is 51.6 Å². The summed E-state index contributed by atoms with van der Waals surface area (Å²) in [4.78, 5) is 17.6. The van der Waals surface area contributed by atoms with Crippen LogP contribution in [-0.4, -0.2) is 16.9 Å². The maximum atomic E-state index is 12.4. The van der Waals surface area contributed by atoms with E-state index in [9.17, 15) is 4.79 Å². The number of aryl methyl sites for hydroxylation is 2. The molecule has 1 aliphatic rings. The molecule has 0 saturated heterocycles. The first kappa shape index (κ1) is 16.0. The second-order valence-corrected chi connectivity index (χ2v) is 7.17. The number of aromatic nitrogens is 1. The molecule has 2 aromatic rings. The molecule has 0 aliphatic heterocycles. The Labute approximate surface area is 140 Å². The second kappa shape index (κ2) is 7.13. The van der Waals surface area contributed by atoms with Gasteiger partial charge in [0.1, 0.15) is 22.2 Å². The molecule has 1 heterocycles. The van der Waals surface area contributed by atoms with Gasteiger partial charge in [0.15, 0.2) is 0 Å². The molecule has 1 amide bonds. The number of thiazole rings is 1.